The summed E-state index contributed by atoms with van der Waals surface area (Å²) >= 11 is 0. The SMILES string of the molecule is Cc1cc(C(=O)Nc2ccc3c(c2)CN(C)C3)n[nH]1. The summed E-state index contributed by atoms with van der Waals surface area (Å²) in [7, 11) is 2.09. The first-order valence-corrected chi connectivity index (χ1v) is 6.25. The summed E-state index contributed by atoms with van der Waals surface area (Å²) in [6.45, 7) is 3.78. The van der Waals surface area contributed by atoms with Crippen LogP contribution in [0.2, 0.25) is 0 Å². The van der Waals surface area contributed by atoms with E-state index in [1.54, 1.807) is 6.07 Å². The number of carbonyl (C=O) groups excluding carboxylic acids is 1. The Hall–Kier alpha value is -2.14. The number of aromatic amines is 1. The van der Waals surface area contributed by atoms with Crippen molar-refractivity contribution in [3.63, 3.8) is 0 Å². The molecule has 1 aromatic carbocycles. The number of hydrogen-bond donors (Lipinski definition) is 2. The normalized spacial score (nSPS) is 14.4. The standard InChI is InChI=1S/C14H16N4O/c1-9-5-13(17-16-9)14(19)15-12-4-3-10-7-18(2)8-11(10)6-12/h3-6H,7-8H2,1-2H3,(H,15,19)(H,16,17). The number of nitrogens with zero attached hydrogens (tertiary/aromatic N) is 2. The van der Waals surface area contributed by atoms with Gasteiger partial charge < -0.3 is 5.32 Å². The molecule has 0 aliphatic carbocycles. The molecular weight excluding hydrogens is 240 g/mol. The minimum Gasteiger partial charge on any atom is -0.321 e. The van der Waals surface area contributed by atoms with Gasteiger partial charge in [-0.2, -0.15) is 5.10 Å². The minimum absolute atomic E-state index is 0.185. The van der Waals surface area contributed by atoms with E-state index in [4.69, 9.17) is 0 Å². The van der Waals surface area contributed by atoms with Gasteiger partial charge in [0.25, 0.3) is 5.91 Å². The predicted molar refractivity (Wildman–Crippen MR) is 72.9 cm³/mol. The highest BCUT2D eigenvalue weighted by Gasteiger charge is 2.16. The van der Waals surface area contributed by atoms with Gasteiger partial charge in [-0.25, -0.2) is 0 Å². The maximum absolute atomic E-state index is 12.0. The Morgan fingerprint density at radius 1 is 1.32 bits per heavy atom. The molecule has 0 fully saturated rings. The van der Waals surface area contributed by atoms with Crippen LogP contribution in [0.3, 0.4) is 0 Å². The summed E-state index contributed by atoms with van der Waals surface area (Å²) in [6.07, 6.45) is 0. The number of fused-ring (bicyclic) bond motifs is 1. The molecule has 1 aliphatic heterocycles. The van der Waals surface area contributed by atoms with Gasteiger partial charge in [0, 0.05) is 24.5 Å². The molecule has 1 aromatic heterocycles. The summed E-state index contributed by atoms with van der Waals surface area (Å²) in [5, 5.41) is 9.59. The van der Waals surface area contributed by atoms with Crippen LogP contribution in [0.15, 0.2) is 24.3 Å². The number of benzene rings is 1. The maximum Gasteiger partial charge on any atom is 0.276 e. The van der Waals surface area contributed by atoms with Gasteiger partial charge in [-0.3, -0.25) is 14.8 Å². The number of nitrogens with one attached hydrogen (secondary N) is 2. The zero-order valence-electron chi connectivity index (χ0n) is 11.0. The van der Waals surface area contributed by atoms with Crippen molar-refractivity contribution in [2.24, 2.45) is 0 Å². The van der Waals surface area contributed by atoms with Crippen molar-refractivity contribution in [3.8, 4) is 0 Å². The molecule has 5 heteroatoms. The van der Waals surface area contributed by atoms with Crippen LogP contribution < -0.4 is 5.32 Å². The third-order valence-electron chi connectivity index (χ3n) is 3.28. The van der Waals surface area contributed by atoms with Crippen LogP contribution in [0, 0.1) is 6.92 Å². The molecule has 2 aromatic rings. The fourth-order valence-electron chi connectivity index (χ4n) is 2.37. The van der Waals surface area contributed by atoms with Gasteiger partial charge in [0.2, 0.25) is 0 Å². The third kappa shape index (κ3) is 2.37. The quantitative estimate of drug-likeness (QED) is 0.863. The molecule has 0 bridgehead atoms. The minimum atomic E-state index is -0.185. The van der Waals surface area contributed by atoms with Crippen molar-refractivity contribution >= 4 is 11.6 Å². The molecule has 1 aliphatic rings. The van der Waals surface area contributed by atoms with E-state index in [-0.39, 0.29) is 5.91 Å². The number of aromatic nitrogens is 2. The lowest BCUT2D eigenvalue weighted by molar-refractivity contribution is 0.102. The van der Waals surface area contributed by atoms with E-state index < -0.39 is 0 Å². The first-order valence-electron chi connectivity index (χ1n) is 6.25. The highest BCUT2D eigenvalue weighted by molar-refractivity contribution is 6.02. The van der Waals surface area contributed by atoms with E-state index in [1.807, 2.05) is 19.1 Å². The largest absolute Gasteiger partial charge is 0.321 e. The van der Waals surface area contributed by atoms with Gasteiger partial charge >= 0.3 is 0 Å². The van der Waals surface area contributed by atoms with Crippen LogP contribution in [0.4, 0.5) is 5.69 Å². The monoisotopic (exact) mass is 256 g/mol. The zero-order valence-corrected chi connectivity index (χ0v) is 11.0. The molecule has 0 saturated carbocycles. The Balaban J connectivity index is 1.77. The van der Waals surface area contributed by atoms with Crippen LogP contribution in [0.1, 0.15) is 27.3 Å². The first-order chi connectivity index (χ1) is 9.11. The van der Waals surface area contributed by atoms with Crippen molar-refractivity contribution in [1.29, 1.82) is 0 Å². The topological polar surface area (TPSA) is 61.0 Å². The molecule has 98 valence electrons. The van der Waals surface area contributed by atoms with E-state index in [0.717, 1.165) is 24.5 Å². The second-order valence-corrected chi connectivity index (χ2v) is 5.05. The summed E-state index contributed by atoms with van der Waals surface area (Å²) in [5.41, 5.74) is 4.71. The molecule has 2 N–H and O–H groups in total. The Bertz CT molecular complexity index is 632. The maximum atomic E-state index is 12.0. The Morgan fingerprint density at radius 2 is 2.11 bits per heavy atom. The number of carbonyl (C=O) groups is 1. The lowest BCUT2D eigenvalue weighted by Crippen LogP contribution is -2.12. The fraction of sp³-hybridized carbons (Fsp3) is 0.286. The number of H-pyrrole nitrogens is 1. The van der Waals surface area contributed by atoms with Crippen molar-refractivity contribution < 1.29 is 4.79 Å². The van der Waals surface area contributed by atoms with E-state index in [1.165, 1.54) is 11.1 Å². The van der Waals surface area contributed by atoms with Crippen LogP contribution >= 0.6 is 0 Å². The van der Waals surface area contributed by atoms with Gasteiger partial charge in [0.15, 0.2) is 5.69 Å². The van der Waals surface area contributed by atoms with E-state index in [2.05, 4.69) is 33.5 Å². The van der Waals surface area contributed by atoms with Crippen molar-refractivity contribution in [3.05, 3.63) is 46.8 Å². The average Bonchev–Trinajstić information content (AvgIpc) is 2.93. The van der Waals surface area contributed by atoms with E-state index in [9.17, 15) is 4.79 Å². The summed E-state index contributed by atoms with van der Waals surface area (Å²) in [6, 6.07) is 7.78. The molecule has 0 unspecified atom stereocenters. The number of amides is 1. The molecular formula is C14H16N4O. The zero-order chi connectivity index (χ0) is 13.4. The lowest BCUT2D eigenvalue weighted by Gasteiger charge is -2.05. The first kappa shape index (κ1) is 11.9. The molecule has 19 heavy (non-hydrogen) atoms. The van der Waals surface area contributed by atoms with Gasteiger partial charge in [-0.05, 0) is 43.3 Å². The summed E-state index contributed by atoms with van der Waals surface area (Å²) < 4.78 is 0. The number of hydrogen-bond acceptors (Lipinski definition) is 3. The Kier molecular flexibility index (Phi) is 2.83. The van der Waals surface area contributed by atoms with Gasteiger partial charge in [0.1, 0.15) is 0 Å². The molecule has 5 nitrogen and oxygen atoms in total. The number of anilines is 1. The van der Waals surface area contributed by atoms with Gasteiger partial charge in [-0.1, -0.05) is 6.07 Å². The Morgan fingerprint density at radius 3 is 2.84 bits per heavy atom. The van der Waals surface area contributed by atoms with Crippen LogP contribution in [-0.2, 0) is 13.1 Å². The average molecular weight is 256 g/mol. The number of aryl methyl sites for hydroxylation is 1. The third-order valence-corrected chi connectivity index (χ3v) is 3.28. The molecule has 3 rings (SSSR count). The lowest BCUT2D eigenvalue weighted by atomic mass is 10.1. The molecule has 0 saturated heterocycles. The Labute approximate surface area is 111 Å². The van der Waals surface area contributed by atoms with Gasteiger partial charge in [-0.15, -0.1) is 0 Å². The van der Waals surface area contributed by atoms with Crippen molar-refractivity contribution in [1.82, 2.24) is 15.1 Å². The molecule has 1 amide bonds. The van der Waals surface area contributed by atoms with E-state index >= 15 is 0 Å². The van der Waals surface area contributed by atoms with Crippen LogP contribution in [0.5, 0.6) is 0 Å². The molecule has 0 atom stereocenters. The summed E-state index contributed by atoms with van der Waals surface area (Å²) in [5.74, 6) is -0.185. The van der Waals surface area contributed by atoms with Crippen molar-refractivity contribution in [2.45, 2.75) is 20.0 Å². The molecule has 0 spiro atoms. The summed E-state index contributed by atoms with van der Waals surface area (Å²) in [4.78, 5) is 14.2. The second-order valence-electron chi connectivity index (χ2n) is 5.05. The van der Waals surface area contributed by atoms with Crippen molar-refractivity contribution in [2.75, 3.05) is 12.4 Å². The molecule has 2 heterocycles. The smallest absolute Gasteiger partial charge is 0.276 e. The number of rotatable bonds is 2. The van der Waals surface area contributed by atoms with Crippen LogP contribution in [-0.4, -0.2) is 28.1 Å². The van der Waals surface area contributed by atoms with E-state index in [0.29, 0.717) is 5.69 Å². The predicted octanol–water partition coefficient (Wildman–Crippen LogP) is 1.92. The second kappa shape index (κ2) is 4.51. The highest BCUT2D eigenvalue weighted by atomic mass is 16.1. The molecule has 0 radical (unpaired) electrons. The van der Waals surface area contributed by atoms with Gasteiger partial charge in [0.05, 0.1) is 0 Å². The van der Waals surface area contributed by atoms with Crippen LogP contribution in [0.25, 0.3) is 0 Å². The highest BCUT2D eigenvalue weighted by Crippen LogP contribution is 2.24. The fourth-order valence-corrected chi connectivity index (χ4v) is 2.37.